The lowest BCUT2D eigenvalue weighted by Crippen LogP contribution is -2.12. The Morgan fingerprint density at radius 1 is 1.26 bits per heavy atom. The number of anilines is 1. The molecule has 1 heterocycles. The van der Waals surface area contributed by atoms with Crippen molar-refractivity contribution in [2.75, 3.05) is 4.72 Å². The maximum Gasteiger partial charge on any atom is 0.263 e. The molecule has 102 valence electrons. The smallest absolute Gasteiger partial charge is 0.253 e. The fourth-order valence-electron chi connectivity index (χ4n) is 1.67. The lowest BCUT2D eigenvalue weighted by Gasteiger charge is -2.07. The van der Waals surface area contributed by atoms with E-state index < -0.39 is 10.0 Å². The molecule has 1 aromatic heterocycles. The number of hydrogen-bond acceptors (Lipinski definition) is 5. The van der Waals surface area contributed by atoms with Crippen LogP contribution in [0.5, 0.6) is 0 Å². The van der Waals surface area contributed by atoms with Crippen LogP contribution < -0.4 is 4.72 Å². The number of hydrogen-bond donors (Lipinski definition) is 1. The van der Waals surface area contributed by atoms with Gasteiger partial charge in [-0.15, -0.1) is 10.2 Å². The van der Waals surface area contributed by atoms with Crippen LogP contribution in [0, 0.1) is 5.92 Å². The van der Waals surface area contributed by atoms with E-state index in [4.69, 9.17) is 0 Å². The summed E-state index contributed by atoms with van der Waals surface area (Å²) in [6, 6.07) is 6.91. The standard InChI is InChI=1S/C12H15N3O2S2/c1-9(2)7-10-3-5-11(6-4-10)19(16,17)15-12-14-13-8-18-12/h3-6,8-9H,7H2,1-2H3,(H,14,15). The maximum absolute atomic E-state index is 12.1. The Hall–Kier alpha value is -1.47. The highest BCUT2D eigenvalue weighted by Crippen LogP contribution is 2.18. The summed E-state index contributed by atoms with van der Waals surface area (Å²) in [6.07, 6.45) is 0.935. The molecule has 0 saturated heterocycles. The SMILES string of the molecule is CC(C)Cc1ccc(S(=O)(=O)Nc2nncs2)cc1. The second-order valence-corrected chi connectivity index (χ2v) is 7.11. The van der Waals surface area contributed by atoms with Gasteiger partial charge in [-0.25, -0.2) is 8.42 Å². The highest BCUT2D eigenvalue weighted by atomic mass is 32.2. The molecule has 0 unspecified atom stereocenters. The first-order chi connectivity index (χ1) is 8.97. The topological polar surface area (TPSA) is 72.0 Å². The van der Waals surface area contributed by atoms with Gasteiger partial charge < -0.3 is 0 Å². The molecule has 2 rings (SSSR count). The third-order valence-electron chi connectivity index (χ3n) is 2.46. The fourth-order valence-corrected chi connectivity index (χ4v) is 3.36. The summed E-state index contributed by atoms with van der Waals surface area (Å²) in [6.45, 7) is 4.25. The summed E-state index contributed by atoms with van der Waals surface area (Å²) in [4.78, 5) is 0.232. The zero-order valence-corrected chi connectivity index (χ0v) is 12.3. The summed E-state index contributed by atoms with van der Waals surface area (Å²) in [5.41, 5.74) is 2.61. The largest absolute Gasteiger partial charge is 0.263 e. The normalized spacial score (nSPS) is 11.7. The highest BCUT2D eigenvalue weighted by Gasteiger charge is 2.15. The predicted molar refractivity (Wildman–Crippen MR) is 75.7 cm³/mol. The molecular weight excluding hydrogens is 282 g/mol. The van der Waals surface area contributed by atoms with Crippen LogP contribution in [0.4, 0.5) is 5.13 Å². The molecule has 0 amide bonds. The molecule has 0 saturated carbocycles. The molecule has 5 nitrogen and oxygen atoms in total. The van der Waals surface area contributed by atoms with Gasteiger partial charge in [-0.2, -0.15) is 0 Å². The first kappa shape index (κ1) is 14.0. The zero-order valence-electron chi connectivity index (χ0n) is 10.7. The molecule has 0 aliphatic rings. The Morgan fingerprint density at radius 3 is 2.47 bits per heavy atom. The number of nitrogens with zero attached hydrogens (tertiary/aromatic N) is 2. The third-order valence-corrected chi connectivity index (χ3v) is 4.55. The summed E-state index contributed by atoms with van der Waals surface area (Å²) in [7, 11) is -3.57. The van der Waals surface area contributed by atoms with Gasteiger partial charge in [0.05, 0.1) is 4.90 Å². The van der Waals surface area contributed by atoms with Crippen LogP contribution in [-0.4, -0.2) is 18.6 Å². The van der Waals surface area contributed by atoms with E-state index in [-0.39, 0.29) is 10.0 Å². The van der Waals surface area contributed by atoms with Gasteiger partial charge in [-0.1, -0.05) is 37.3 Å². The molecular formula is C12H15N3O2S2. The van der Waals surface area contributed by atoms with Crippen molar-refractivity contribution in [2.24, 2.45) is 5.92 Å². The van der Waals surface area contributed by atoms with Crippen molar-refractivity contribution in [3.05, 3.63) is 35.3 Å². The molecule has 1 N–H and O–H groups in total. The Morgan fingerprint density at radius 2 is 1.95 bits per heavy atom. The Balaban J connectivity index is 2.17. The van der Waals surface area contributed by atoms with Gasteiger partial charge in [-0.3, -0.25) is 4.72 Å². The lowest BCUT2D eigenvalue weighted by atomic mass is 10.0. The first-order valence-electron chi connectivity index (χ1n) is 5.85. The van der Waals surface area contributed by atoms with Crippen LogP contribution in [-0.2, 0) is 16.4 Å². The van der Waals surface area contributed by atoms with Crippen LogP contribution in [0.1, 0.15) is 19.4 Å². The lowest BCUT2D eigenvalue weighted by molar-refractivity contribution is 0.601. The van der Waals surface area contributed by atoms with Crippen LogP contribution in [0.15, 0.2) is 34.7 Å². The van der Waals surface area contributed by atoms with Crippen molar-refractivity contribution in [1.29, 1.82) is 0 Å². The van der Waals surface area contributed by atoms with E-state index in [1.54, 1.807) is 12.1 Å². The van der Waals surface area contributed by atoms with E-state index in [9.17, 15) is 8.42 Å². The molecule has 1 aromatic carbocycles. The van der Waals surface area contributed by atoms with Gasteiger partial charge in [0.15, 0.2) is 0 Å². The van der Waals surface area contributed by atoms with E-state index in [2.05, 4.69) is 28.8 Å². The van der Waals surface area contributed by atoms with Crippen molar-refractivity contribution in [3.8, 4) is 0 Å². The van der Waals surface area contributed by atoms with Gasteiger partial charge in [0.25, 0.3) is 10.0 Å². The number of aromatic nitrogens is 2. The van der Waals surface area contributed by atoms with Crippen molar-refractivity contribution in [1.82, 2.24) is 10.2 Å². The fraction of sp³-hybridized carbons (Fsp3) is 0.333. The first-order valence-corrected chi connectivity index (χ1v) is 8.21. The van der Waals surface area contributed by atoms with Crippen molar-refractivity contribution >= 4 is 26.5 Å². The number of rotatable bonds is 5. The molecule has 2 aromatic rings. The quantitative estimate of drug-likeness (QED) is 0.920. The second-order valence-electron chi connectivity index (χ2n) is 4.59. The predicted octanol–water partition coefficient (Wildman–Crippen LogP) is 2.54. The monoisotopic (exact) mass is 297 g/mol. The highest BCUT2D eigenvalue weighted by molar-refractivity contribution is 7.93. The third kappa shape index (κ3) is 3.74. The van der Waals surface area contributed by atoms with E-state index in [1.807, 2.05) is 12.1 Å². The molecule has 0 aliphatic carbocycles. The van der Waals surface area contributed by atoms with E-state index in [0.29, 0.717) is 5.92 Å². The van der Waals surface area contributed by atoms with Gasteiger partial charge in [-0.05, 0) is 30.0 Å². The minimum Gasteiger partial charge on any atom is -0.253 e. The zero-order chi connectivity index (χ0) is 13.9. The maximum atomic E-state index is 12.1. The number of nitrogens with one attached hydrogen (secondary N) is 1. The average molecular weight is 297 g/mol. The van der Waals surface area contributed by atoms with Crippen LogP contribution in [0.3, 0.4) is 0 Å². The molecule has 0 bridgehead atoms. The van der Waals surface area contributed by atoms with Gasteiger partial charge >= 0.3 is 0 Å². The minimum atomic E-state index is -3.57. The van der Waals surface area contributed by atoms with E-state index in [1.165, 1.54) is 5.51 Å². The van der Waals surface area contributed by atoms with Crippen LogP contribution in [0.25, 0.3) is 0 Å². The van der Waals surface area contributed by atoms with Gasteiger partial charge in [0, 0.05) is 0 Å². The van der Waals surface area contributed by atoms with E-state index >= 15 is 0 Å². The van der Waals surface area contributed by atoms with E-state index in [0.717, 1.165) is 23.3 Å². The van der Waals surface area contributed by atoms with Crippen molar-refractivity contribution in [2.45, 2.75) is 25.2 Å². The summed E-state index contributed by atoms with van der Waals surface area (Å²) < 4.78 is 26.5. The molecule has 0 atom stereocenters. The van der Waals surface area contributed by atoms with Crippen molar-refractivity contribution < 1.29 is 8.42 Å². The summed E-state index contributed by atoms with van der Waals surface area (Å²) >= 11 is 1.14. The molecule has 7 heteroatoms. The summed E-state index contributed by atoms with van der Waals surface area (Å²) in [5.74, 6) is 0.543. The van der Waals surface area contributed by atoms with Crippen LogP contribution in [0.2, 0.25) is 0 Å². The Labute approximate surface area is 116 Å². The minimum absolute atomic E-state index is 0.232. The van der Waals surface area contributed by atoms with Crippen molar-refractivity contribution in [3.63, 3.8) is 0 Å². The molecule has 0 fully saturated rings. The summed E-state index contributed by atoms with van der Waals surface area (Å²) in [5, 5.41) is 7.52. The van der Waals surface area contributed by atoms with Crippen LogP contribution >= 0.6 is 11.3 Å². The Kier molecular flexibility index (Phi) is 4.16. The molecule has 0 spiro atoms. The van der Waals surface area contributed by atoms with Gasteiger partial charge in [0.1, 0.15) is 5.51 Å². The number of sulfonamides is 1. The second kappa shape index (κ2) is 5.66. The molecule has 19 heavy (non-hydrogen) atoms. The number of benzene rings is 1. The Bertz CT molecular complexity index is 620. The molecule has 0 radical (unpaired) electrons. The average Bonchev–Trinajstić information content (AvgIpc) is 2.81. The van der Waals surface area contributed by atoms with Gasteiger partial charge in [0.2, 0.25) is 5.13 Å². The molecule has 0 aliphatic heterocycles.